The Kier molecular flexibility index (Phi) is 6.22. The molecule has 0 aromatic heterocycles. The third kappa shape index (κ3) is 4.19. The molecule has 0 aliphatic carbocycles. The molecule has 0 amide bonds. The van der Waals surface area contributed by atoms with Crippen molar-refractivity contribution in [2.45, 2.75) is 66.5 Å². The largest absolute Gasteiger partial charge is 0.292 e. The molecule has 1 aliphatic rings. The molecule has 2 aromatic carbocycles. The van der Waals surface area contributed by atoms with E-state index in [1.165, 1.54) is 58.3 Å². The van der Waals surface area contributed by atoms with Crippen molar-refractivity contribution in [1.82, 2.24) is 4.90 Å². The maximum atomic E-state index is 4.14. The van der Waals surface area contributed by atoms with Crippen molar-refractivity contribution in [3.63, 3.8) is 0 Å². The summed E-state index contributed by atoms with van der Waals surface area (Å²) in [6.45, 7) is 17.7. The fraction of sp³-hybridized carbons (Fsp3) is 0.462. The van der Waals surface area contributed by atoms with Gasteiger partial charge in [-0.05, 0) is 85.9 Å². The molecule has 0 N–H and O–H groups in total. The lowest BCUT2D eigenvalue weighted by atomic mass is 9.86. The van der Waals surface area contributed by atoms with Crippen LogP contribution in [0, 0.1) is 26.7 Å². The average Bonchev–Trinajstić information content (AvgIpc) is 2.66. The lowest BCUT2D eigenvalue weighted by Gasteiger charge is -2.39. The summed E-state index contributed by atoms with van der Waals surface area (Å²) in [4.78, 5) is 2.71. The molecule has 0 radical (unpaired) electrons. The minimum absolute atomic E-state index is 0.512. The molecule has 144 valence electrons. The maximum absolute atomic E-state index is 4.14. The summed E-state index contributed by atoms with van der Waals surface area (Å²) < 4.78 is 0. The van der Waals surface area contributed by atoms with E-state index in [4.69, 9.17) is 0 Å². The Hall–Kier alpha value is -1.86. The van der Waals surface area contributed by atoms with Crippen LogP contribution in [0.1, 0.15) is 71.7 Å². The van der Waals surface area contributed by atoms with E-state index in [9.17, 15) is 0 Å². The summed E-state index contributed by atoms with van der Waals surface area (Å²) in [6.07, 6.45) is 5.69. The zero-order valence-corrected chi connectivity index (χ0v) is 17.8. The Balaban J connectivity index is 1.98. The van der Waals surface area contributed by atoms with Gasteiger partial charge in [-0.3, -0.25) is 4.90 Å². The molecule has 1 heterocycles. The molecule has 1 heteroatoms. The first-order valence-corrected chi connectivity index (χ1v) is 10.5. The van der Waals surface area contributed by atoms with Crippen LogP contribution >= 0.6 is 0 Å². The second kappa shape index (κ2) is 8.44. The van der Waals surface area contributed by atoms with Gasteiger partial charge in [-0.1, -0.05) is 62.4 Å². The standard InChI is InChI=1S/C26H35N/c1-7-22-16-20(5)21(6)24(8-2)25(22)17-27-14-13-19(4)15-26(27)23-11-9-18(3)10-12-23/h8-12,16,19,26H,2,7,13-15,17H2,1,3-6H3. The Morgan fingerprint density at radius 2 is 1.85 bits per heavy atom. The number of rotatable bonds is 5. The molecule has 0 spiro atoms. The van der Waals surface area contributed by atoms with Crippen molar-refractivity contribution >= 4 is 6.08 Å². The zero-order chi connectivity index (χ0) is 19.6. The van der Waals surface area contributed by atoms with Crippen molar-refractivity contribution in [3.05, 3.63) is 75.9 Å². The minimum Gasteiger partial charge on any atom is -0.292 e. The van der Waals surface area contributed by atoms with Crippen LogP contribution in [0.2, 0.25) is 0 Å². The van der Waals surface area contributed by atoms with Crippen LogP contribution < -0.4 is 0 Å². The van der Waals surface area contributed by atoms with E-state index in [1.54, 1.807) is 0 Å². The molecule has 27 heavy (non-hydrogen) atoms. The van der Waals surface area contributed by atoms with E-state index in [2.05, 4.69) is 82.5 Å². The Morgan fingerprint density at radius 3 is 2.48 bits per heavy atom. The van der Waals surface area contributed by atoms with E-state index in [-0.39, 0.29) is 0 Å². The molecular weight excluding hydrogens is 326 g/mol. The number of benzene rings is 2. The van der Waals surface area contributed by atoms with E-state index in [1.807, 2.05) is 0 Å². The van der Waals surface area contributed by atoms with Gasteiger partial charge in [0, 0.05) is 12.6 Å². The van der Waals surface area contributed by atoms with Crippen LogP contribution in [-0.4, -0.2) is 11.4 Å². The molecule has 1 nitrogen and oxygen atoms in total. The first-order valence-electron chi connectivity index (χ1n) is 10.5. The van der Waals surface area contributed by atoms with Crippen LogP contribution in [0.25, 0.3) is 6.08 Å². The minimum atomic E-state index is 0.512. The van der Waals surface area contributed by atoms with Gasteiger partial charge in [-0.25, -0.2) is 0 Å². The van der Waals surface area contributed by atoms with Gasteiger partial charge in [0.15, 0.2) is 0 Å². The smallest absolute Gasteiger partial charge is 0.0354 e. The van der Waals surface area contributed by atoms with Gasteiger partial charge >= 0.3 is 0 Å². The Bertz CT molecular complexity index is 800. The third-order valence-electron chi connectivity index (χ3n) is 6.48. The second-order valence-corrected chi connectivity index (χ2v) is 8.45. The molecule has 1 aliphatic heterocycles. The zero-order valence-electron chi connectivity index (χ0n) is 17.8. The predicted octanol–water partition coefficient (Wildman–Crippen LogP) is 6.79. The summed E-state index contributed by atoms with van der Waals surface area (Å²) in [5, 5.41) is 0. The number of likely N-dealkylation sites (tertiary alicyclic amines) is 1. The van der Waals surface area contributed by atoms with Gasteiger partial charge in [-0.2, -0.15) is 0 Å². The molecule has 1 fully saturated rings. The summed E-state index contributed by atoms with van der Waals surface area (Å²) in [7, 11) is 0. The van der Waals surface area contributed by atoms with Gasteiger partial charge in [0.05, 0.1) is 0 Å². The van der Waals surface area contributed by atoms with Crippen LogP contribution in [0.5, 0.6) is 0 Å². The van der Waals surface area contributed by atoms with E-state index in [0.29, 0.717) is 6.04 Å². The first kappa shape index (κ1) is 19.9. The first-order chi connectivity index (χ1) is 12.9. The highest BCUT2D eigenvalue weighted by Gasteiger charge is 2.28. The van der Waals surface area contributed by atoms with Crippen molar-refractivity contribution < 1.29 is 0 Å². The number of nitrogens with zero attached hydrogens (tertiary/aromatic N) is 1. The molecule has 2 unspecified atom stereocenters. The maximum Gasteiger partial charge on any atom is 0.0354 e. The van der Waals surface area contributed by atoms with Crippen molar-refractivity contribution in [1.29, 1.82) is 0 Å². The van der Waals surface area contributed by atoms with Crippen LogP contribution in [0.15, 0.2) is 36.9 Å². The normalized spacial score (nSPS) is 20.6. The Labute approximate surface area is 166 Å². The second-order valence-electron chi connectivity index (χ2n) is 8.45. The fourth-order valence-electron chi connectivity index (χ4n) is 4.56. The van der Waals surface area contributed by atoms with Crippen LogP contribution in [-0.2, 0) is 13.0 Å². The van der Waals surface area contributed by atoms with E-state index < -0.39 is 0 Å². The monoisotopic (exact) mass is 361 g/mol. The number of hydrogen-bond acceptors (Lipinski definition) is 1. The quantitative estimate of drug-likeness (QED) is 0.566. The summed E-state index contributed by atoms with van der Waals surface area (Å²) in [5.74, 6) is 0.789. The SMILES string of the molecule is C=Cc1c(C)c(C)cc(CC)c1CN1CCC(C)CC1c1ccc(C)cc1. The molecular formula is C26H35N. The third-order valence-corrected chi connectivity index (χ3v) is 6.48. The summed E-state index contributed by atoms with van der Waals surface area (Å²) in [5.41, 5.74) is 9.90. The highest BCUT2D eigenvalue weighted by Crippen LogP contribution is 2.37. The lowest BCUT2D eigenvalue weighted by molar-refractivity contribution is 0.110. The van der Waals surface area contributed by atoms with Crippen molar-refractivity contribution in [2.75, 3.05) is 6.54 Å². The van der Waals surface area contributed by atoms with Gasteiger partial charge < -0.3 is 0 Å². The van der Waals surface area contributed by atoms with E-state index >= 15 is 0 Å². The Morgan fingerprint density at radius 1 is 1.15 bits per heavy atom. The van der Waals surface area contributed by atoms with E-state index in [0.717, 1.165) is 18.9 Å². The molecule has 0 saturated carbocycles. The molecule has 2 atom stereocenters. The van der Waals surface area contributed by atoms with Crippen LogP contribution in [0.4, 0.5) is 0 Å². The topological polar surface area (TPSA) is 3.24 Å². The molecule has 0 bridgehead atoms. The van der Waals surface area contributed by atoms with Gasteiger partial charge in [0.25, 0.3) is 0 Å². The highest BCUT2D eigenvalue weighted by molar-refractivity contribution is 5.61. The number of piperidine rings is 1. The molecule has 2 aromatic rings. The highest BCUT2D eigenvalue weighted by atomic mass is 15.2. The fourth-order valence-corrected chi connectivity index (χ4v) is 4.56. The van der Waals surface area contributed by atoms with Crippen molar-refractivity contribution in [2.24, 2.45) is 5.92 Å². The average molecular weight is 362 g/mol. The van der Waals surface area contributed by atoms with Gasteiger partial charge in [-0.15, -0.1) is 0 Å². The summed E-state index contributed by atoms with van der Waals surface area (Å²) in [6, 6.07) is 12.1. The van der Waals surface area contributed by atoms with Gasteiger partial charge in [0.1, 0.15) is 0 Å². The van der Waals surface area contributed by atoms with Crippen LogP contribution in [0.3, 0.4) is 0 Å². The number of hydrogen-bond donors (Lipinski definition) is 0. The number of aryl methyl sites for hydroxylation is 3. The molecule has 1 saturated heterocycles. The van der Waals surface area contributed by atoms with Gasteiger partial charge in [0.2, 0.25) is 0 Å². The molecule has 3 rings (SSSR count). The summed E-state index contributed by atoms with van der Waals surface area (Å²) >= 11 is 0. The predicted molar refractivity (Wildman–Crippen MR) is 118 cm³/mol. The lowest BCUT2D eigenvalue weighted by Crippen LogP contribution is -2.36. The van der Waals surface area contributed by atoms with Crippen molar-refractivity contribution in [3.8, 4) is 0 Å².